The van der Waals surface area contributed by atoms with Crippen LogP contribution in [0, 0.1) is 0 Å². The summed E-state index contributed by atoms with van der Waals surface area (Å²) < 4.78 is 5.19. The second kappa shape index (κ2) is 7.01. The molecule has 1 saturated carbocycles. The predicted octanol–water partition coefficient (Wildman–Crippen LogP) is 1.51. The molecule has 1 N–H and O–H groups in total. The number of carbonyl (C=O) groups excluding carboxylic acids is 3. The summed E-state index contributed by atoms with van der Waals surface area (Å²) >= 11 is 5.95. The van der Waals surface area contributed by atoms with Gasteiger partial charge in [-0.05, 0) is 38.1 Å². The molecule has 0 aromatic heterocycles. The van der Waals surface area contributed by atoms with Crippen molar-refractivity contribution in [1.29, 1.82) is 0 Å². The van der Waals surface area contributed by atoms with E-state index in [1.165, 1.54) is 12.0 Å². The van der Waals surface area contributed by atoms with E-state index in [1.807, 2.05) is 0 Å². The second-order valence-corrected chi connectivity index (χ2v) is 6.80. The highest BCUT2D eigenvalue weighted by molar-refractivity contribution is 6.31. The van der Waals surface area contributed by atoms with E-state index >= 15 is 0 Å². The van der Waals surface area contributed by atoms with Crippen LogP contribution in [0.25, 0.3) is 0 Å². The number of benzene rings is 1. The average molecular weight is 366 g/mol. The number of hydrogen-bond acceptors (Lipinski definition) is 5. The molecule has 2 fully saturated rings. The molecular weight excluding hydrogens is 346 g/mol. The van der Waals surface area contributed by atoms with E-state index in [1.54, 1.807) is 30.1 Å². The Morgan fingerprint density at radius 2 is 2.12 bits per heavy atom. The SMILES string of the molecule is COc1ccc(Cl)cc1NC(=O)CN(C)C1CC(=O)N(C2CC2)C1=O. The summed E-state index contributed by atoms with van der Waals surface area (Å²) in [4.78, 5) is 39.7. The molecule has 7 nitrogen and oxygen atoms in total. The van der Waals surface area contributed by atoms with Crippen LogP contribution in [0.5, 0.6) is 5.75 Å². The van der Waals surface area contributed by atoms with Crippen LogP contribution in [0.4, 0.5) is 5.69 Å². The van der Waals surface area contributed by atoms with Crippen LogP contribution in [0.1, 0.15) is 19.3 Å². The minimum absolute atomic E-state index is 0.0160. The molecule has 2 aliphatic rings. The molecule has 0 bridgehead atoms. The number of rotatable bonds is 6. The first-order chi connectivity index (χ1) is 11.9. The molecule has 25 heavy (non-hydrogen) atoms. The lowest BCUT2D eigenvalue weighted by Gasteiger charge is -2.22. The van der Waals surface area contributed by atoms with Gasteiger partial charge in [-0.2, -0.15) is 0 Å². The van der Waals surface area contributed by atoms with Crippen LogP contribution in [-0.4, -0.2) is 60.3 Å². The summed E-state index contributed by atoms with van der Waals surface area (Å²) in [7, 11) is 3.17. The number of nitrogens with zero attached hydrogens (tertiary/aromatic N) is 2. The third-order valence-corrected chi connectivity index (χ3v) is 4.67. The van der Waals surface area contributed by atoms with Gasteiger partial charge in [-0.1, -0.05) is 11.6 Å². The largest absolute Gasteiger partial charge is 0.495 e. The first-order valence-electron chi connectivity index (χ1n) is 8.10. The Morgan fingerprint density at radius 1 is 1.40 bits per heavy atom. The molecule has 8 heteroatoms. The smallest absolute Gasteiger partial charge is 0.247 e. The first-order valence-corrected chi connectivity index (χ1v) is 8.48. The van der Waals surface area contributed by atoms with Crippen molar-refractivity contribution >= 4 is 35.0 Å². The Morgan fingerprint density at radius 3 is 2.76 bits per heavy atom. The van der Waals surface area contributed by atoms with Crippen LogP contribution >= 0.6 is 11.6 Å². The van der Waals surface area contributed by atoms with Crippen LogP contribution in [0.2, 0.25) is 5.02 Å². The monoisotopic (exact) mass is 365 g/mol. The van der Waals surface area contributed by atoms with Crippen molar-refractivity contribution in [2.45, 2.75) is 31.3 Å². The fourth-order valence-corrected chi connectivity index (χ4v) is 3.17. The lowest BCUT2D eigenvalue weighted by molar-refractivity contribution is -0.140. The molecule has 1 saturated heterocycles. The van der Waals surface area contributed by atoms with Gasteiger partial charge in [0.1, 0.15) is 5.75 Å². The van der Waals surface area contributed by atoms with Gasteiger partial charge in [0.25, 0.3) is 0 Å². The molecule has 3 rings (SSSR count). The summed E-state index contributed by atoms with van der Waals surface area (Å²) in [6.45, 7) is -0.0160. The van der Waals surface area contributed by atoms with Gasteiger partial charge in [-0.3, -0.25) is 24.2 Å². The van der Waals surface area contributed by atoms with E-state index in [0.29, 0.717) is 16.5 Å². The molecule has 1 unspecified atom stereocenters. The number of methoxy groups -OCH3 is 1. The number of nitrogens with one attached hydrogen (secondary N) is 1. The highest BCUT2D eigenvalue weighted by Gasteiger charge is 2.47. The average Bonchev–Trinajstić information content (AvgIpc) is 3.33. The van der Waals surface area contributed by atoms with E-state index in [4.69, 9.17) is 16.3 Å². The molecule has 134 valence electrons. The van der Waals surface area contributed by atoms with Gasteiger partial charge in [0.05, 0.1) is 31.8 Å². The van der Waals surface area contributed by atoms with E-state index < -0.39 is 6.04 Å². The lowest BCUT2D eigenvalue weighted by Crippen LogP contribution is -2.43. The molecule has 1 aromatic rings. The number of likely N-dealkylation sites (tertiary alicyclic amines) is 1. The van der Waals surface area contributed by atoms with Gasteiger partial charge in [0.2, 0.25) is 17.7 Å². The lowest BCUT2D eigenvalue weighted by atomic mass is 10.2. The molecule has 0 spiro atoms. The maximum absolute atomic E-state index is 12.4. The van der Waals surface area contributed by atoms with E-state index in [9.17, 15) is 14.4 Å². The Bertz CT molecular complexity index is 720. The molecular formula is C17H20ClN3O4. The second-order valence-electron chi connectivity index (χ2n) is 6.36. The summed E-state index contributed by atoms with van der Waals surface area (Å²) in [6, 6.07) is 4.39. The number of halogens is 1. The third kappa shape index (κ3) is 3.77. The Labute approximate surface area is 150 Å². The first kappa shape index (κ1) is 17.7. The summed E-state index contributed by atoms with van der Waals surface area (Å²) in [5.74, 6) is -0.176. The van der Waals surface area contributed by atoms with Crippen molar-refractivity contribution in [2.75, 3.05) is 26.0 Å². The van der Waals surface area contributed by atoms with Crippen molar-refractivity contribution in [3.05, 3.63) is 23.2 Å². The normalized spacial score (nSPS) is 20.3. The highest BCUT2D eigenvalue weighted by Crippen LogP contribution is 2.32. The van der Waals surface area contributed by atoms with Gasteiger partial charge in [0.15, 0.2) is 0 Å². The molecule has 1 atom stereocenters. The zero-order valence-corrected chi connectivity index (χ0v) is 14.9. The maximum atomic E-state index is 12.4. The summed E-state index contributed by atoms with van der Waals surface area (Å²) in [5, 5.41) is 3.20. The van der Waals surface area contributed by atoms with E-state index in [-0.39, 0.29) is 36.7 Å². The zero-order valence-electron chi connectivity index (χ0n) is 14.1. The van der Waals surface area contributed by atoms with Gasteiger partial charge < -0.3 is 10.1 Å². The van der Waals surface area contributed by atoms with Gasteiger partial charge in [-0.15, -0.1) is 0 Å². The standard InChI is InChI=1S/C17H20ClN3O4/c1-20(13-8-16(23)21(17(13)24)11-4-5-11)9-15(22)19-12-7-10(18)3-6-14(12)25-2/h3,6-7,11,13H,4-5,8-9H2,1-2H3,(H,19,22). The molecule has 0 radical (unpaired) electrons. The Balaban J connectivity index is 1.62. The van der Waals surface area contributed by atoms with E-state index in [0.717, 1.165) is 12.8 Å². The topological polar surface area (TPSA) is 79.0 Å². The Kier molecular flexibility index (Phi) is 4.96. The predicted molar refractivity (Wildman–Crippen MR) is 92.5 cm³/mol. The van der Waals surface area contributed by atoms with Crippen molar-refractivity contribution in [3.8, 4) is 5.75 Å². The summed E-state index contributed by atoms with van der Waals surface area (Å²) in [6.07, 6.45) is 1.88. The van der Waals surface area contributed by atoms with Crippen LogP contribution in [-0.2, 0) is 14.4 Å². The molecule has 3 amide bonds. The van der Waals surface area contributed by atoms with E-state index in [2.05, 4.69) is 5.32 Å². The van der Waals surface area contributed by atoms with Gasteiger partial charge >= 0.3 is 0 Å². The number of hydrogen-bond donors (Lipinski definition) is 1. The van der Waals surface area contributed by atoms with Crippen LogP contribution < -0.4 is 10.1 Å². The number of carbonyl (C=O) groups is 3. The summed E-state index contributed by atoms with van der Waals surface area (Å²) in [5.41, 5.74) is 0.460. The fourth-order valence-electron chi connectivity index (χ4n) is 3.00. The molecule has 1 aliphatic carbocycles. The van der Waals surface area contributed by atoms with Gasteiger partial charge in [-0.25, -0.2) is 0 Å². The number of anilines is 1. The minimum atomic E-state index is -0.583. The quantitative estimate of drug-likeness (QED) is 0.773. The highest BCUT2D eigenvalue weighted by atomic mass is 35.5. The van der Waals surface area contributed by atoms with Crippen LogP contribution in [0.15, 0.2) is 18.2 Å². The number of amides is 3. The van der Waals surface area contributed by atoms with Crippen molar-refractivity contribution < 1.29 is 19.1 Å². The van der Waals surface area contributed by atoms with Crippen molar-refractivity contribution in [3.63, 3.8) is 0 Å². The molecule has 1 heterocycles. The third-order valence-electron chi connectivity index (χ3n) is 4.43. The fraction of sp³-hybridized carbons (Fsp3) is 0.471. The molecule has 1 aliphatic heterocycles. The number of ether oxygens (including phenoxy) is 1. The van der Waals surface area contributed by atoms with Crippen molar-refractivity contribution in [1.82, 2.24) is 9.80 Å². The minimum Gasteiger partial charge on any atom is -0.495 e. The Hall–Kier alpha value is -2.12. The van der Waals surface area contributed by atoms with Gasteiger partial charge in [0, 0.05) is 11.1 Å². The number of likely N-dealkylation sites (N-methyl/N-ethyl adjacent to an activating group) is 1. The van der Waals surface area contributed by atoms with Crippen LogP contribution in [0.3, 0.4) is 0 Å². The molecule has 1 aromatic carbocycles. The zero-order chi connectivity index (χ0) is 18.1. The van der Waals surface area contributed by atoms with Crippen molar-refractivity contribution in [2.24, 2.45) is 0 Å². The number of imide groups is 1. The maximum Gasteiger partial charge on any atom is 0.247 e.